The van der Waals surface area contributed by atoms with Crippen molar-refractivity contribution in [2.45, 2.75) is 0 Å². The third-order valence-electron chi connectivity index (χ3n) is 11.1. The second-order valence-corrected chi connectivity index (χ2v) is 14.0. The summed E-state index contributed by atoms with van der Waals surface area (Å²) in [6.45, 7) is 0. The summed E-state index contributed by atoms with van der Waals surface area (Å²) in [6, 6.07) is 70.6. The van der Waals surface area contributed by atoms with Crippen LogP contribution in [0.1, 0.15) is 0 Å². The fourth-order valence-corrected chi connectivity index (χ4v) is 8.68. The first-order valence-corrected chi connectivity index (χ1v) is 18.3. The fourth-order valence-electron chi connectivity index (χ4n) is 8.68. The van der Waals surface area contributed by atoms with Crippen LogP contribution in [0, 0.1) is 0 Å². The molecule has 0 aliphatic rings. The minimum absolute atomic E-state index is 0.914. The van der Waals surface area contributed by atoms with E-state index < -0.39 is 0 Å². The first-order chi connectivity index (χ1) is 26.3. The van der Waals surface area contributed by atoms with Crippen LogP contribution in [0.2, 0.25) is 0 Å². The summed E-state index contributed by atoms with van der Waals surface area (Å²) >= 11 is 0. The van der Waals surface area contributed by atoms with Crippen LogP contribution in [-0.4, -0.2) is 0 Å². The highest BCUT2D eigenvalue weighted by molar-refractivity contribution is 6.23. The summed E-state index contributed by atoms with van der Waals surface area (Å²) in [5.41, 5.74) is 11.7. The lowest BCUT2D eigenvalue weighted by Crippen LogP contribution is -1.93. The Bertz CT molecular complexity index is 3150. The Morgan fingerprint density at radius 2 is 0.755 bits per heavy atom. The van der Waals surface area contributed by atoms with Gasteiger partial charge in [0, 0.05) is 10.8 Å². The zero-order chi connectivity index (χ0) is 34.9. The first-order valence-electron chi connectivity index (χ1n) is 18.3. The standard InChI is InChI=1S/C52H32O/c1-3-15-38-34(12-1)14-11-23-40(38)41-17-5-6-18-42(41)51-45-21-9-7-19-43(45)50(44-20-8-10-22-46(44)51)36-26-24-33(25-27-36)37-29-30-48-47(32-37)52-39-16-4-2-13-35(39)28-31-49(52)53-48/h1-32H. The lowest BCUT2D eigenvalue weighted by Gasteiger charge is -2.20. The van der Waals surface area contributed by atoms with Gasteiger partial charge in [-0.05, 0) is 106 Å². The quantitative estimate of drug-likeness (QED) is 0.170. The molecule has 0 N–H and O–H groups in total. The number of benzene rings is 10. The Kier molecular flexibility index (Phi) is 6.62. The molecule has 0 amide bonds. The second kappa shape index (κ2) is 11.8. The zero-order valence-corrected chi connectivity index (χ0v) is 28.9. The Hall–Kier alpha value is -6.96. The van der Waals surface area contributed by atoms with Crippen molar-refractivity contribution in [2.75, 3.05) is 0 Å². The molecule has 0 aliphatic carbocycles. The van der Waals surface area contributed by atoms with Crippen LogP contribution < -0.4 is 0 Å². The molecule has 0 saturated heterocycles. The highest BCUT2D eigenvalue weighted by Crippen LogP contribution is 2.47. The van der Waals surface area contributed by atoms with E-state index in [1.54, 1.807) is 0 Å². The van der Waals surface area contributed by atoms with Crippen molar-refractivity contribution in [3.63, 3.8) is 0 Å². The monoisotopic (exact) mass is 672 g/mol. The topological polar surface area (TPSA) is 13.1 Å². The Morgan fingerprint density at radius 3 is 1.47 bits per heavy atom. The molecule has 0 unspecified atom stereocenters. The van der Waals surface area contributed by atoms with Gasteiger partial charge in [-0.25, -0.2) is 0 Å². The lowest BCUT2D eigenvalue weighted by molar-refractivity contribution is 0.669. The van der Waals surface area contributed by atoms with E-state index in [2.05, 4.69) is 194 Å². The predicted octanol–water partition coefficient (Wildman–Crippen LogP) is 14.9. The Labute approximate surface area is 307 Å². The van der Waals surface area contributed by atoms with Gasteiger partial charge in [0.25, 0.3) is 0 Å². The first kappa shape index (κ1) is 29.7. The molecule has 246 valence electrons. The van der Waals surface area contributed by atoms with E-state index in [4.69, 9.17) is 4.42 Å². The molecule has 0 aliphatic heterocycles. The SMILES string of the molecule is c1ccc(-c2c3ccccc3c(-c3ccc(-c4ccc5oc6ccc7ccccc7c6c5c4)cc3)c3ccccc23)c(-c2cccc3ccccc23)c1. The third-order valence-corrected chi connectivity index (χ3v) is 11.1. The normalized spacial score (nSPS) is 11.8. The Balaban J connectivity index is 1.09. The summed E-state index contributed by atoms with van der Waals surface area (Å²) in [6.07, 6.45) is 0. The van der Waals surface area contributed by atoms with Crippen LogP contribution in [0.5, 0.6) is 0 Å². The van der Waals surface area contributed by atoms with Crippen molar-refractivity contribution >= 4 is 65.0 Å². The van der Waals surface area contributed by atoms with Gasteiger partial charge in [-0.15, -0.1) is 0 Å². The molecule has 0 saturated carbocycles. The number of fused-ring (bicyclic) bond motifs is 8. The van der Waals surface area contributed by atoms with Crippen molar-refractivity contribution in [1.82, 2.24) is 0 Å². The van der Waals surface area contributed by atoms with Gasteiger partial charge < -0.3 is 4.42 Å². The molecule has 0 fully saturated rings. The van der Waals surface area contributed by atoms with Crippen LogP contribution in [0.15, 0.2) is 199 Å². The zero-order valence-electron chi connectivity index (χ0n) is 28.9. The molecule has 1 heteroatoms. The minimum atomic E-state index is 0.914. The van der Waals surface area contributed by atoms with Crippen LogP contribution in [0.3, 0.4) is 0 Å². The van der Waals surface area contributed by atoms with Gasteiger partial charge in [0.1, 0.15) is 11.2 Å². The van der Waals surface area contributed by atoms with Crippen molar-refractivity contribution < 1.29 is 4.42 Å². The summed E-state index contributed by atoms with van der Waals surface area (Å²) in [7, 11) is 0. The second-order valence-electron chi connectivity index (χ2n) is 14.0. The lowest BCUT2D eigenvalue weighted by atomic mass is 9.83. The molecular formula is C52H32O. The number of furan rings is 1. The average Bonchev–Trinajstić information content (AvgIpc) is 3.61. The largest absolute Gasteiger partial charge is 0.456 e. The fraction of sp³-hybridized carbons (Fsp3) is 0. The number of rotatable bonds is 4. The Morgan fingerprint density at radius 1 is 0.264 bits per heavy atom. The van der Waals surface area contributed by atoms with E-state index in [-0.39, 0.29) is 0 Å². The third kappa shape index (κ3) is 4.64. The molecule has 1 aromatic heterocycles. The predicted molar refractivity (Wildman–Crippen MR) is 225 cm³/mol. The molecule has 11 rings (SSSR count). The summed E-state index contributed by atoms with van der Waals surface area (Å²) in [5, 5.41) is 12.3. The molecule has 11 aromatic rings. The highest BCUT2D eigenvalue weighted by Gasteiger charge is 2.20. The highest BCUT2D eigenvalue weighted by atomic mass is 16.3. The van der Waals surface area contributed by atoms with Crippen LogP contribution >= 0.6 is 0 Å². The van der Waals surface area contributed by atoms with E-state index in [0.29, 0.717) is 0 Å². The number of hydrogen-bond donors (Lipinski definition) is 0. The van der Waals surface area contributed by atoms with Gasteiger partial charge in [-0.2, -0.15) is 0 Å². The van der Waals surface area contributed by atoms with Crippen molar-refractivity contribution in [3.05, 3.63) is 194 Å². The summed E-state index contributed by atoms with van der Waals surface area (Å²) < 4.78 is 6.30. The maximum absolute atomic E-state index is 6.30. The summed E-state index contributed by atoms with van der Waals surface area (Å²) in [4.78, 5) is 0. The maximum Gasteiger partial charge on any atom is 0.136 e. The minimum Gasteiger partial charge on any atom is -0.456 e. The van der Waals surface area contributed by atoms with Gasteiger partial charge >= 0.3 is 0 Å². The smallest absolute Gasteiger partial charge is 0.136 e. The maximum atomic E-state index is 6.30. The van der Waals surface area contributed by atoms with E-state index >= 15 is 0 Å². The van der Waals surface area contributed by atoms with Crippen molar-refractivity contribution in [2.24, 2.45) is 0 Å². The molecule has 1 nitrogen and oxygen atoms in total. The van der Waals surface area contributed by atoms with E-state index in [1.165, 1.54) is 93.0 Å². The average molecular weight is 673 g/mol. The van der Waals surface area contributed by atoms with E-state index in [0.717, 1.165) is 16.6 Å². The van der Waals surface area contributed by atoms with Gasteiger partial charge in [0.15, 0.2) is 0 Å². The van der Waals surface area contributed by atoms with E-state index in [9.17, 15) is 0 Å². The van der Waals surface area contributed by atoms with Crippen molar-refractivity contribution in [1.29, 1.82) is 0 Å². The molecule has 53 heavy (non-hydrogen) atoms. The van der Waals surface area contributed by atoms with Crippen LogP contribution in [-0.2, 0) is 0 Å². The molecular weight excluding hydrogens is 641 g/mol. The number of hydrogen-bond acceptors (Lipinski definition) is 1. The van der Waals surface area contributed by atoms with E-state index in [1.807, 2.05) is 0 Å². The van der Waals surface area contributed by atoms with Gasteiger partial charge in [0.2, 0.25) is 0 Å². The molecule has 0 radical (unpaired) electrons. The van der Waals surface area contributed by atoms with Crippen LogP contribution in [0.25, 0.3) is 110 Å². The van der Waals surface area contributed by atoms with Gasteiger partial charge in [-0.3, -0.25) is 0 Å². The molecule has 10 aromatic carbocycles. The molecule has 0 bridgehead atoms. The van der Waals surface area contributed by atoms with Gasteiger partial charge in [-0.1, -0.05) is 176 Å². The van der Waals surface area contributed by atoms with Gasteiger partial charge in [0.05, 0.1) is 0 Å². The van der Waals surface area contributed by atoms with Crippen molar-refractivity contribution in [3.8, 4) is 44.5 Å². The molecule has 0 atom stereocenters. The molecule has 0 spiro atoms. The van der Waals surface area contributed by atoms with Crippen LogP contribution in [0.4, 0.5) is 0 Å². The summed E-state index contributed by atoms with van der Waals surface area (Å²) in [5.74, 6) is 0. The molecule has 1 heterocycles.